The minimum Gasteiger partial charge on any atom is -0.299 e. The summed E-state index contributed by atoms with van der Waals surface area (Å²) in [6.45, 7) is 4.00. The lowest BCUT2D eigenvalue weighted by molar-refractivity contribution is -0.117. The predicted octanol–water partition coefficient (Wildman–Crippen LogP) is 4.45. The maximum atomic E-state index is 13.7. The van der Waals surface area contributed by atoms with Crippen LogP contribution in [-0.2, 0) is 17.6 Å². The van der Waals surface area contributed by atoms with Crippen molar-refractivity contribution >= 4 is 17.4 Å². The van der Waals surface area contributed by atoms with E-state index >= 15 is 0 Å². The van der Waals surface area contributed by atoms with E-state index in [4.69, 9.17) is 11.6 Å². The second kappa shape index (κ2) is 6.19. The molecule has 0 aliphatic rings. The molecule has 0 radical (unpaired) electrons. The van der Waals surface area contributed by atoms with Gasteiger partial charge in [-0.3, -0.25) is 4.79 Å². The standard InChI is InChI=1S/C17H16ClFO/c1-11-6-12(2)8-13(7-11)9-15(20)10-14-4-3-5-16(18)17(14)19/h3-8H,9-10H2,1-2H3. The molecule has 0 aliphatic heterocycles. The molecule has 0 N–H and O–H groups in total. The fourth-order valence-corrected chi connectivity index (χ4v) is 2.55. The molecule has 3 heteroatoms. The van der Waals surface area contributed by atoms with E-state index in [1.165, 1.54) is 6.07 Å². The first kappa shape index (κ1) is 14.7. The number of aryl methyl sites for hydroxylation is 2. The Bertz CT molecular complexity index is 629. The minimum atomic E-state index is -0.497. The zero-order valence-electron chi connectivity index (χ0n) is 11.5. The SMILES string of the molecule is Cc1cc(C)cc(CC(=O)Cc2cccc(Cl)c2F)c1. The molecule has 0 aliphatic carbocycles. The van der Waals surface area contributed by atoms with Crippen LogP contribution in [-0.4, -0.2) is 5.78 Å². The van der Waals surface area contributed by atoms with Crippen LogP contribution in [0.5, 0.6) is 0 Å². The molecule has 104 valence electrons. The first-order valence-corrected chi connectivity index (χ1v) is 6.85. The highest BCUT2D eigenvalue weighted by Crippen LogP contribution is 2.19. The maximum Gasteiger partial charge on any atom is 0.145 e. The molecule has 1 nitrogen and oxygen atoms in total. The monoisotopic (exact) mass is 290 g/mol. The molecule has 0 unspecified atom stereocenters. The third-order valence-corrected chi connectivity index (χ3v) is 3.39. The molecular weight excluding hydrogens is 275 g/mol. The number of hydrogen-bond donors (Lipinski definition) is 0. The summed E-state index contributed by atoms with van der Waals surface area (Å²) in [7, 11) is 0. The summed E-state index contributed by atoms with van der Waals surface area (Å²) in [6, 6.07) is 10.8. The summed E-state index contributed by atoms with van der Waals surface area (Å²) in [5.74, 6) is -0.515. The third-order valence-electron chi connectivity index (χ3n) is 3.10. The van der Waals surface area contributed by atoms with E-state index in [1.54, 1.807) is 12.1 Å². The second-order valence-electron chi connectivity index (χ2n) is 5.10. The van der Waals surface area contributed by atoms with Gasteiger partial charge in [0.05, 0.1) is 5.02 Å². The Kier molecular flexibility index (Phi) is 4.56. The van der Waals surface area contributed by atoms with E-state index < -0.39 is 5.82 Å². The van der Waals surface area contributed by atoms with Crippen LogP contribution in [0.2, 0.25) is 5.02 Å². The summed E-state index contributed by atoms with van der Waals surface area (Å²) < 4.78 is 13.7. The van der Waals surface area contributed by atoms with Crippen molar-refractivity contribution in [2.45, 2.75) is 26.7 Å². The molecule has 2 aromatic rings. The molecule has 0 bridgehead atoms. The molecule has 20 heavy (non-hydrogen) atoms. The molecule has 0 fully saturated rings. The molecule has 2 aromatic carbocycles. The van der Waals surface area contributed by atoms with Crippen LogP contribution < -0.4 is 0 Å². The van der Waals surface area contributed by atoms with Gasteiger partial charge >= 0.3 is 0 Å². The lowest BCUT2D eigenvalue weighted by Crippen LogP contribution is -2.08. The Morgan fingerprint density at radius 2 is 1.75 bits per heavy atom. The number of rotatable bonds is 4. The van der Waals surface area contributed by atoms with Crippen LogP contribution >= 0.6 is 11.6 Å². The largest absolute Gasteiger partial charge is 0.299 e. The normalized spacial score (nSPS) is 10.6. The fourth-order valence-electron chi connectivity index (χ4n) is 2.36. The number of Topliss-reactive ketones (excluding diaryl/α,β-unsaturated/α-hetero) is 1. The summed E-state index contributed by atoms with van der Waals surface area (Å²) >= 11 is 5.71. The highest BCUT2D eigenvalue weighted by molar-refractivity contribution is 6.30. The van der Waals surface area contributed by atoms with Crippen molar-refractivity contribution < 1.29 is 9.18 Å². The van der Waals surface area contributed by atoms with Crippen LogP contribution in [0.1, 0.15) is 22.3 Å². The Morgan fingerprint density at radius 3 is 2.40 bits per heavy atom. The highest BCUT2D eigenvalue weighted by atomic mass is 35.5. The van der Waals surface area contributed by atoms with Gasteiger partial charge in [0.25, 0.3) is 0 Å². The smallest absolute Gasteiger partial charge is 0.145 e. The average molecular weight is 291 g/mol. The summed E-state index contributed by atoms with van der Waals surface area (Å²) in [5.41, 5.74) is 3.57. The predicted molar refractivity (Wildman–Crippen MR) is 79.7 cm³/mol. The topological polar surface area (TPSA) is 17.1 Å². The lowest BCUT2D eigenvalue weighted by Gasteiger charge is -2.06. The highest BCUT2D eigenvalue weighted by Gasteiger charge is 2.11. The summed E-state index contributed by atoms with van der Waals surface area (Å²) in [5, 5.41) is 0.0571. The molecule has 0 heterocycles. The first-order chi connectivity index (χ1) is 9.45. The lowest BCUT2D eigenvalue weighted by atomic mass is 9.99. The van der Waals surface area contributed by atoms with Gasteiger partial charge in [0.1, 0.15) is 11.6 Å². The number of ketones is 1. The van der Waals surface area contributed by atoms with Crippen LogP contribution in [0.3, 0.4) is 0 Å². The zero-order chi connectivity index (χ0) is 14.7. The van der Waals surface area contributed by atoms with E-state index in [-0.39, 0.29) is 17.2 Å². The minimum absolute atomic E-state index is 0.0174. The first-order valence-electron chi connectivity index (χ1n) is 6.47. The van der Waals surface area contributed by atoms with Gasteiger partial charge in [-0.15, -0.1) is 0 Å². The van der Waals surface area contributed by atoms with Crippen molar-refractivity contribution in [3.05, 3.63) is 69.5 Å². The fraction of sp³-hybridized carbons (Fsp3) is 0.235. The van der Waals surface area contributed by atoms with E-state index in [0.29, 0.717) is 12.0 Å². The maximum absolute atomic E-state index is 13.7. The molecule has 2 rings (SSSR count). The van der Waals surface area contributed by atoms with Gasteiger partial charge in [0, 0.05) is 12.8 Å². The van der Waals surface area contributed by atoms with E-state index in [2.05, 4.69) is 6.07 Å². The van der Waals surface area contributed by atoms with Crippen molar-refractivity contribution in [3.63, 3.8) is 0 Å². The van der Waals surface area contributed by atoms with Crippen molar-refractivity contribution in [2.24, 2.45) is 0 Å². The van der Waals surface area contributed by atoms with E-state index in [0.717, 1.165) is 16.7 Å². The molecule has 0 saturated carbocycles. The quantitative estimate of drug-likeness (QED) is 0.813. The molecular formula is C17H16ClFO. The number of carbonyl (C=O) groups excluding carboxylic acids is 1. The van der Waals surface area contributed by atoms with Gasteiger partial charge in [-0.05, 0) is 31.0 Å². The molecule has 0 atom stereocenters. The van der Waals surface area contributed by atoms with E-state index in [1.807, 2.05) is 26.0 Å². The number of benzene rings is 2. The van der Waals surface area contributed by atoms with Crippen molar-refractivity contribution in [1.82, 2.24) is 0 Å². The van der Waals surface area contributed by atoms with E-state index in [9.17, 15) is 9.18 Å². The Hall–Kier alpha value is -1.67. The summed E-state index contributed by atoms with van der Waals surface area (Å²) in [4.78, 5) is 12.1. The van der Waals surface area contributed by atoms with Crippen LogP contribution in [0, 0.1) is 19.7 Å². The van der Waals surface area contributed by atoms with Crippen LogP contribution in [0.15, 0.2) is 36.4 Å². The summed E-state index contributed by atoms with van der Waals surface area (Å²) in [6.07, 6.45) is 0.383. The second-order valence-corrected chi connectivity index (χ2v) is 5.51. The van der Waals surface area contributed by atoms with Crippen LogP contribution in [0.25, 0.3) is 0 Å². The Balaban J connectivity index is 2.11. The van der Waals surface area contributed by atoms with Crippen molar-refractivity contribution in [2.75, 3.05) is 0 Å². The van der Waals surface area contributed by atoms with Crippen LogP contribution in [0.4, 0.5) is 4.39 Å². The van der Waals surface area contributed by atoms with Crippen molar-refractivity contribution in [1.29, 1.82) is 0 Å². The van der Waals surface area contributed by atoms with Gasteiger partial charge < -0.3 is 0 Å². The zero-order valence-corrected chi connectivity index (χ0v) is 12.3. The molecule has 0 saturated heterocycles. The molecule has 0 aromatic heterocycles. The average Bonchev–Trinajstić information content (AvgIpc) is 2.33. The van der Waals surface area contributed by atoms with Crippen molar-refractivity contribution in [3.8, 4) is 0 Å². The van der Waals surface area contributed by atoms with Gasteiger partial charge in [0.15, 0.2) is 0 Å². The van der Waals surface area contributed by atoms with Gasteiger partial charge in [0.2, 0.25) is 0 Å². The Morgan fingerprint density at radius 1 is 1.10 bits per heavy atom. The Labute approximate surface area is 123 Å². The van der Waals surface area contributed by atoms with Gasteiger partial charge in [-0.25, -0.2) is 4.39 Å². The van der Waals surface area contributed by atoms with Gasteiger partial charge in [-0.2, -0.15) is 0 Å². The number of hydrogen-bond acceptors (Lipinski definition) is 1. The third kappa shape index (κ3) is 3.67. The van der Waals surface area contributed by atoms with Gasteiger partial charge in [-0.1, -0.05) is 53.1 Å². The molecule has 0 amide bonds. The molecule has 0 spiro atoms. The number of halogens is 2. The number of carbonyl (C=O) groups is 1.